The number of aliphatic hydroxyl groups is 1. The van der Waals surface area contributed by atoms with Crippen molar-refractivity contribution in [2.24, 2.45) is 33.7 Å². The molecule has 0 radical (unpaired) electrons. The lowest BCUT2D eigenvalue weighted by Gasteiger charge is -2.30. The van der Waals surface area contributed by atoms with Gasteiger partial charge in [0.15, 0.2) is 5.96 Å². The molecule has 42 nitrogen and oxygen atoms in total. The third-order valence-corrected chi connectivity index (χ3v) is 16.7. The van der Waals surface area contributed by atoms with Gasteiger partial charge in [0.2, 0.25) is 70.9 Å². The standard InChI is InChI=1S/C61H92N24O18S/c62-36(21-33-23-67-30-75-33)49(91)72-25-47(89)78-40(22-34-24-68-31-76-34)57(99)85-19-5-10-45(85)55(97)83-43(29-104)53(95)82-42(28-86)52(94)81-38(7-2-17-71-61(66)103)51(93)80-37(6-1-16-70-60(65)102)50(92)73-26-46(88)77-39(8-3-15-69-59(63)64)56(98)84-18-4-9-44(84)54(96)74-27-48(90)79-41(58(100)101)20-32-11-13-35(87)14-12-32/h11-14,23-24,30-31,36-45,86-87,104H,1-10,15-22,25-29,62H2,(H,67,75)(H,68,76)(H,72,91)(H,73,92)(H,74,96)(H,77,88)(H,78,89)(H,79,90)(H,80,93)(H,81,94)(H,82,95)(H,83,97)(H,100,101)(H4,63,64,69)(H3,65,70,102)(H3,66,71,103)/t36-,37-,38-,39-,40-,41-,42-,43-,44-,45-/m0/s1. The van der Waals surface area contributed by atoms with Crippen LogP contribution in [0.5, 0.6) is 5.75 Å². The van der Waals surface area contributed by atoms with E-state index in [0.29, 0.717) is 29.8 Å². The number of carbonyl (C=O) groups excluding carboxylic acids is 14. The number of aliphatic carboxylic acids is 1. The Kier molecular flexibility index (Phi) is 34.3. The number of aromatic nitrogens is 4. The van der Waals surface area contributed by atoms with E-state index in [2.05, 4.69) is 101 Å². The first-order chi connectivity index (χ1) is 49.6. The molecule has 0 unspecified atom stereocenters. The average molecular weight is 1480 g/mol. The van der Waals surface area contributed by atoms with Crippen LogP contribution in [0.15, 0.2) is 54.3 Å². The number of aromatic hydroxyl groups is 1. The lowest BCUT2D eigenvalue weighted by Crippen LogP contribution is -2.60. The molecule has 43 heteroatoms. The third-order valence-electron chi connectivity index (χ3n) is 16.3. The van der Waals surface area contributed by atoms with Gasteiger partial charge in [-0.25, -0.2) is 24.4 Å². The van der Waals surface area contributed by atoms with Gasteiger partial charge in [-0.1, -0.05) is 12.1 Å². The highest BCUT2D eigenvalue weighted by atomic mass is 32.1. The Hall–Kier alpha value is -11.4. The summed E-state index contributed by atoms with van der Waals surface area (Å²) in [6.07, 6.45) is 5.68. The van der Waals surface area contributed by atoms with Crippen molar-refractivity contribution in [3.05, 3.63) is 66.3 Å². The van der Waals surface area contributed by atoms with Crippen LogP contribution in [0.2, 0.25) is 0 Å². The topological polar surface area (TPSA) is 667 Å². The molecule has 0 spiro atoms. The summed E-state index contributed by atoms with van der Waals surface area (Å²) in [7, 11) is 0. The second-order valence-electron chi connectivity index (χ2n) is 24.2. The molecule has 3 aromatic rings. The highest BCUT2D eigenvalue weighted by molar-refractivity contribution is 7.80. The number of nitrogens with two attached hydrogens (primary N) is 5. The molecule has 5 rings (SSSR count). The number of urea groups is 2. The number of phenols is 1. The number of aromatic amines is 2. The van der Waals surface area contributed by atoms with E-state index in [-0.39, 0.29) is 115 Å². The summed E-state index contributed by atoms with van der Waals surface area (Å²) in [4.78, 5) is 220. The van der Waals surface area contributed by atoms with E-state index in [4.69, 9.17) is 28.7 Å². The zero-order chi connectivity index (χ0) is 76.4. The maximum atomic E-state index is 14.3. The molecule has 16 amide bonds. The summed E-state index contributed by atoms with van der Waals surface area (Å²) < 4.78 is 0. The first-order valence-corrected chi connectivity index (χ1v) is 33.8. The van der Waals surface area contributed by atoms with Crippen LogP contribution >= 0.6 is 12.6 Å². The van der Waals surface area contributed by atoms with E-state index in [1.165, 1.54) is 59.1 Å². The summed E-state index contributed by atoms with van der Waals surface area (Å²) >= 11 is 4.23. The van der Waals surface area contributed by atoms with Crippen LogP contribution in [0.25, 0.3) is 0 Å². The number of rotatable bonds is 43. The molecular formula is C61H92N24O18S. The van der Waals surface area contributed by atoms with Crippen LogP contribution in [0.1, 0.15) is 81.2 Å². The van der Waals surface area contributed by atoms with Gasteiger partial charge in [-0.3, -0.25) is 62.5 Å². The number of carbonyl (C=O) groups is 15. The van der Waals surface area contributed by atoms with Crippen molar-refractivity contribution in [2.75, 3.05) is 64.7 Å². The molecule has 4 heterocycles. The fourth-order valence-corrected chi connectivity index (χ4v) is 11.3. The van der Waals surface area contributed by atoms with E-state index in [1.54, 1.807) is 0 Å². The predicted octanol–water partition coefficient (Wildman–Crippen LogP) is -9.12. The number of nitrogens with one attached hydrogen (secondary N) is 14. The van der Waals surface area contributed by atoms with Crippen LogP contribution < -0.4 is 92.5 Å². The molecule has 2 aliphatic heterocycles. The van der Waals surface area contributed by atoms with Gasteiger partial charge in [0.25, 0.3) is 0 Å². The summed E-state index contributed by atoms with van der Waals surface area (Å²) in [6.45, 7) is -3.39. The zero-order valence-corrected chi connectivity index (χ0v) is 57.6. The van der Waals surface area contributed by atoms with Crippen molar-refractivity contribution in [2.45, 2.75) is 144 Å². The molecule has 2 aromatic heterocycles. The number of primary amides is 2. The SMILES string of the molecule is NC(=O)NCCC[C@H](NC(=O)[C@H](CCCNC(N)=O)NC(=O)[C@H](CO)NC(=O)[C@H](CS)NC(=O)[C@@H]1CCCN1C(=O)[C@H](Cc1cnc[nH]1)NC(=O)CNC(=O)[C@@H](N)Cc1cnc[nH]1)C(=O)NCC(=O)N[C@@H](CCCN=C(N)N)C(=O)N1CCC[C@H]1C(=O)NCC(=O)N[C@@H](Cc1ccc(O)cc1)C(=O)O. The van der Waals surface area contributed by atoms with Crippen molar-refractivity contribution in [1.82, 2.24) is 93.5 Å². The Balaban J connectivity index is 1.23. The van der Waals surface area contributed by atoms with Crippen molar-refractivity contribution in [1.29, 1.82) is 0 Å². The minimum Gasteiger partial charge on any atom is -0.508 e. The highest BCUT2D eigenvalue weighted by Gasteiger charge is 2.41. The smallest absolute Gasteiger partial charge is 0.326 e. The van der Waals surface area contributed by atoms with Crippen molar-refractivity contribution in [3.63, 3.8) is 0 Å². The number of thiol groups is 1. The monoisotopic (exact) mass is 1480 g/mol. The quantitative estimate of drug-likeness (QED) is 0.0108. The molecule has 2 saturated heterocycles. The number of aliphatic imine (C=N–C) groups is 1. The number of benzene rings is 1. The first kappa shape index (κ1) is 83.3. The number of carboxylic acids is 1. The van der Waals surface area contributed by atoms with Gasteiger partial charge in [0, 0.05) is 81.5 Å². The fraction of sp³-hybridized carbons (Fsp3) is 0.541. The van der Waals surface area contributed by atoms with Crippen molar-refractivity contribution >= 4 is 108 Å². The van der Waals surface area contributed by atoms with E-state index in [9.17, 15) is 87.2 Å². The van der Waals surface area contributed by atoms with Crippen molar-refractivity contribution < 1.29 is 87.2 Å². The van der Waals surface area contributed by atoms with Gasteiger partial charge in [0.05, 0.1) is 44.9 Å². The van der Waals surface area contributed by atoms with Crippen LogP contribution in [-0.4, -0.2) is 265 Å². The molecule has 0 saturated carbocycles. The molecule has 570 valence electrons. The molecule has 104 heavy (non-hydrogen) atoms. The number of aliphatic hydroxyl groups excluding tert-OH is 1. The number of nitrogens with zero attached hydrogens (tertiary/aromatic N) is 5. The van der Waals surface area contributed by atoms with Gasteiger partial charge < -0.3 is 128 Å². The van der Waals surface area contributed by atoms with Crippen LogP contribution in [-0.2, 0) is 81.6 Å². The number of likely N-dealkylation sites (tertiary alicyclic amines) is 2. The number of H-pyrrole nitrogens is 2. The maximum Gasteiger partial charge on any atom is 0.326 e. The molecule has 10 atom stereocenters. The minimum absolute atomic E-state index is 0.00497. The second-order valence-corrected chi connectivity index (χ2v) is 24.6. The van der Waals surface area contributed by atoms with E-state index in [0.717, 1.165) is 0 Å². The Morgan fingerprint density at radius 2 is 1.01 bits per heavy atom. The molecule has 2 aliphatic rings. The second kappa shape index (κ2) is 42.8. The number of imidazole rings is 2. The number of hydrogen-bond donors (Lipinski definition) is 23. The van der Waals surface area contributed by atoms with Gasteiger partial charge in [0.1, 0.15) is 60.1 Å². The Bertz CT molecular complexity index is 3470. The molecular weight excluding hydrogens is 1390 g/mol. The van der Waals surface area contributed by atoms with E-state index >= 15 is 0 Å². The Morgan fingerprint density at radius 3 is 1.53 bits per heavy atom. The van der Waals surface area contributed by atoms with E-state index < -0.39 is 181 Å². The van der Waals surface area contributed by atoms with Crippen LogP contribution in [0.3, 0.4) is 0 Å². The number of guanidine groups is 1. The van der Waals surface area contributed by atoms with Gasteiger partial charge >= 0.3 is 18.0 Å². The number of amides is 16. The highest BCUT2D eigenvalue weighted by Crippen LogP contribution is 2.22. The number of carboxylic acid groups (broad SMARTS) is 1. The predicted molar refractivity (Wildman–Crippen MR) is 369 cm³/mol. The Labute approximate surface area is 600 Å². The molecule has 0 aliphatic carbocycles. The normalized spacial score (nSPS) is 16.1. The molecule has 1 aromatic carbocycles. The zero-order valence-electron chi connectivity index (χ0n) is 56.7. The van der Waals surface area contributed by atoms with Gasteiger partial charge in [-0.2, -0.15) is 12.6 Å². The van der Waals surface area contributed by atoms with Crippen LogP contribution in [0.4, 0.5) is 9.59 Å². The fourth-order valence-electron chi connectivity index (χ4n) is 11.0. The summed E-state index contributed by atoms with van der Waals surface area (Å²) in [5.74, 6) is -12.7. The van der Waals surface area contributed by atoms with E-state index in [1.807, 2.05) is 0 Å². The molecule has 0 bridgehead atoms. The Morgan fingerprint density at radius 1 is 0.538 bits per heavy atom. The van der Waals surface area contributed by atoms with Crippen molar-refractivity contribution in [3.8, 4) is 5.75 Å². The van der Waals surface area contributed by atoms with Gasteiger partial charge in [-0.15, -0.1) is 0 Å². The molecule has 27 N–H and O–H groups in total. The summed E-state index contributed by atoms with van der Waals surface area (Å²) in [5.41, 5.74) is 28.9. The van der Waals surface area contributed by atoms with Gasteiger partial charge in [-0.05, 0) is 81.9 Å². The maximum absolute atomic E-state index is 14.3. The first-order valence-electron chi connectivity index (χ1n) is 33.2. The van der Waals surface area contributed by atoms with Crippen LogP contribution in [0, 0.1) is 0 Å². The summed E-state index contributed by atoms with van der Waals surface area (Å²) in [6, 6.07) is -10.3. The lowest BCUT2D eigenvalue weighted by atomic mass is 10.1. The lowest BCUT2D eigenvalue weighted by molar-refractivity contribution is -0.142. The minimum atomic E-state index is -1.84. The number of phenolic OH excluding ortho intramolecular Hbond substituents is 1. The largest absolute Gasteiger partial charge is 0.508 e. The molecule has 2 fully saturated rings. The number of hydrogen-bond acceptors (Lipinski definition) is 22. The third kappa shape index (κ3) is 28.2. The average Bonchev–Trinajstić information content (AvgIpc) is 1.65. The summed E-state index contributed by atoms with van der Waals surface area (Å²) in [5, 5.41) is 58.9.